The lowest BCUT2D eigenvalue weighted by molar-refractivity contribution is -0.142. The second-order valence-electron chi connectivity index (χ2n) is 7.11. The van der Waals surface area contributed by atoms with Crippen LogP contribution in [0.4, 0.5) is 4.39 Å². The Morgan fingerprint density at radius 1 is 1.43 bits per heavy atom. The normalized spacial score (nSPS) is 17.0. The van der Waals surface area contributed by atoms with E-state index in [-0.39, 0.29) is 30.1 Å². The van der Waals surface area contributed by atoms with E-state index >= 15 is 0 Å². The molecule has 3 rings (SSSR count). The monoisotopic (exact) mass is 388 g/mol. The number of carbonyl (C=O) groups excluding carboxylic acids is 2. The molecular formula is C20H25FN4O3. The van der Waals surface area contributed by atoms with Crippen LogP contribution in [0.15, 0.2) is 28.8 Å². The highest BCUT2D eigenvalue weighted by molar-refractivity contribution is 5.83. The summed E-state index contributed by atoms with van der Waals surface area (Å²) in [5.41, 5.74) is 0.835. The molecule has 1 saturated heterocycles. The Labute approximate surface area is 163 Å². The van der Waals surface area contributed by atoms with Crippen molar-refractivity contribution in [2.45, 2.75) is 39.2 Å². The van der Waals surface area contributed by atoms with Gasteiger partial charge in [-0.3, -0.25) is 9.59 Å². The maximum Gasteiger partial charge on any atom is 0.227 e. The number of nitrogens with zero attached hydrogens (tertiary/aromatic N) is 4. The molecule has 0 bridgehead atoms. The first-order valence-electron chi connectivity index (χ1n) is 9.55. The molecule has 0 unspecified atom stereocenters. The number of likely N-dealkylation sites (tertiary alicyclic amines) is 1. The summed E-state index contributed by atoms with van der Waals surface area (Å²) in [6.45, 7) is 3.05. The van der Waals surface area contributed by atoms with Gasteiger partial charge in [-0.15, -0.1) is 0 Å². The van der Waals surface area contributed by atoms with Gasteiger partial charge in [0.2, 0.25) is 17.7 Å². The highest BCUT2D eigenvalue weighted by Gasteiger charge is 2.32. The summed E-state index contributed by atoms with van der Waals surface area (Å²) >= 11 is 0. The van der Waals surface area contributed by atoms with Crippen molar-refractivity contribution in [3.05, 3.63) is 47.4 Å². The molecule has 150 valence electrons. The molecule has 1 aliphatic rings. The molecule has 0 radical (unpaired) electrons. The minimum Gasteiger partial charge on any atom is -0.342 e. The lowest BCUT2D eigenvalue weighted by Crippen LogP contribution is -2.46. The van der Waals surface area contributed by atoms with Gasteiger partial charge < -0.3 is 14.3 Å². The first kappa shape index (κ1) is 20.0. The average molecular weight is 388 g/mol. The number of aromatic nitrogens is 2. The van der Waals surface area contributed by atoms with Crippen LogP contribution in [0.25, 0.3) is 0 Å². The number of rotatable bonds is 7. The van der Waals surface area contributed by atoms with Gasteiger partial charge in [0.25, 0.3) is 0 Å². The Kier molecular flexibility index (Phi) is 6.38. The summed E-state index contributed by atoms with van der Waals surface area (Å²) in [4.78, 5) is 32.6. The van der Waals surface area contributed by atoms with Crippen LogP contribution in [0.2, 0.25) is 0 Å². The predicted octanol–water partition coefficient (Wildman–Crippen LogP) is 2.21. The summed E-state index contributed by atoms with van der Waals surface area (Å²) in [7, 11) is 1.71. The molecule has 1 aromatic heterocycles. The van der Waals surface area contributed by atoms with Crippen molar-refractivity contribution in [3.8, 4) is 0 Å². The molecule has 0 spiro atoms. The second kappa shape index (κ2) is 8.95. The molecule has 0 aliphatic carbocycles. The van der Waals surface area contributed by atoms with Gasteiger partial charge in [0, 0.05) is 33.0 Å². The average Bonchev–Trinajstić information content (AvgIpc) is 3.14. The van der Waals surface area contributed by atoms with Crippen molar-refractivity contribution in [1.29, 1.82) is 0 Å². The molecule has 0 N–H and O–H groups in total. The largest absolute Gasteiger partial charge is 0.342 e. The molecule has 28 heavy (non-hydrogen) atoms. The molecular weight excluding hydrogens is 363 g/mol. The van der Waals surface area contributed by atoms with Crippen LogP contribution in [0.5, 0.6) is 0 Å². The van der Waals surface area contributed by atoms with Crippen molar-refractivity contribution < 1.29 is 18.5 Å². The van der Waals surface area contributed by atoms with Crippen molar-refractivity contribution in [1.82, 2.24) is 19.9 Å². The number of hydrogen-bond donors (Lipinski definition) is 0. The van der Waals surface area contributed by atoms with E-state index in [0.29, 0.717) is 50.5 Å². The van der Waals surface area contributed by atoms with Gasteiger partial charge in [-0.25, -0.2) is 4.39 Å². The number of aryl methyl sites for hydroxylation is 1. The Bertz CT molecular complexity index is 838. The van der Waals surface area contributed by atoms with E-state index in [0.717, 1.165) is 5.56 Å². The Balaban J connectivity index is 1.56. The fraction of sp³-hybridized carbons (Fsp3) is 0.500. The fourth-order valence-electron chi connectivity index (χ4n) is 3.39. The topological polar surface area (TPSA) is 79.5 Å². The van der Waals surface area contributed by atoms with Crippen LogP contribution in [-0.4, -0.2) is 51.9 Å². The molecule has 1 aromatic carbocycles. The van der Waals surface area contributed by atoms with Gasteiger partial charge in [0.15, 0.2) is 5.82 Å². The summed E-state index contributed by atoms with van der Waals surface area (Å²) in [6, 6.07) is 6.36. The zero-order valence-electron chi connectivity index (χ0n) is 16.2. The summed E-state index contributed by atoms with van der Waals surface area (Å²) < 4.78 is 18.4. The van der Waals surface area contributed by atoms with Crippen LogP contribution >= 0.6 is 0 Å². The van der Waals surface area contributed by atoms with Crippen molar-refractivity contribution in [2.75, 3.05) is 20.1 Å². The van der Waals surface area contributed by atoms with Crippen molar-refractivity contribution in [3.63, 3.8) is 0 Å². The number of halogens is 1. The standard InChI is InChI=1S/C20H25FN4O3/c1-3-18-22-17(23-28-18)13-24(2)20(27)15-7-8-19(26)25(12-15)10-9-14-5-4-6-16(21)11-14/h4-6,11,15H,3,7-10,12-13H2,1-2H3/t15-/m0/s1. The zero-order chi connectivity index (χ0) is 20.1. The Hall–Kier alpha value is -2.77. The maximum absolute atomic E-state index is 13.3. The highest BCUT2D eigenvalue weighted by Crippen LogP contribution is 2.21. The zero-order valence-corrected chi connectivity index (χ0v) is 16.2. The van der Waals surface area contributed by atoms with E-state index in [2.05, 4.69) is 10.1 Å². The first-order chi connectivity index (χ1) is 13.5. The van der Waals surface area contributed by atoms with Crippen molar-refractivity contribution >= 4 is 11.8 Å². The molecule has 1 atom stereocenters. The van der Waals surface area contributed by atoms with E-state index in [1.54, 1.807) is 22.9 Å². The molecule has 2 aromatic rings. The minimum absolute atomic E-state index is 0.0360. The molecule has 8 heteroatoms. The summed E-state index contributed by atoms with van der Waals surface area (Å²) in [5.74, 6) is 0.475. The third-order valence-corrected chi connectivity index (χ3v) is 4.98. The quantitative estimate of drug-likeness (QED) is 0.727. The minimum atomic E-state index is -0.287. The van der Waals surface area contributed by atoms with Gasteiger partial charge in [-0.2, -0.15) is 4.98 Å². The van der Waals surface area contributed by atoms with E-state index in [4.69, 9.17) is 4.52 Å². The van der Waals surface area contributed by atoms with Crippen LogP contribution in [0, 0.1) is 11.7 Å². The first-order valence-corrected chi connectivity index (χ1v) is 9.55. The number of amides is 2. The third-order valence-electron chi connectivity index (χ3n) is 4.98. The SMILES string of the molecule is CCc1nc(CN(C)C(=O)[C@H]2CCC(=O)N(CCc3cccc(F)c3)C2)no1. The van der Waals surface area contributed by atoms with Crippen LogP contribution < -0.4 is 0 Å². The summed E-state index contributed by atoms with van der Waals surface area (Å²) in [5, 5.41) is 3.88. The Morgan fingerprint density at radius 3 is 2.96 bits per heavy atom. The predicted molar refractivity (Wildman–Crippen MR) is 99.6 cm³/mol. The van der Waals surface area contributed by atoms with Crippen LogP contribution in [-0.2, 0) is 29.0 Å². The van der Waals surface area contributed by atoms with Crippen LogP contribution in [0.3, 0.4) is 0 Å². The molecule has 2 heterocycles. The van der Waals surface area contributed by atoms with Gasteiger partial charge in [-0.1, -0.05) is 24.2 Å². The molecule has 1 aliphatic heterocycles. The Morgan fingerprint density at radius 2 is 2.25 bits per heavy atom. The van der Waals surface area contributed by atoms with E-state index in [1.807, 2.05) is 13.0 Å². The van der Waals surface area contributed by atoms with Gasteiger partial charge in [-0.05, 0) is 30.5 Å². The van der Waals surface area contributed by atoms with E-state index < -0.39 is 0 Å². The number of piperidine rings is 1. The molecule has 0 saturated carbocycles. The highest BCUT2D eigenvalue weighted by atomic mass is 19.1. The smallest absolute Gasteiger partial charge is 0.227 e. The van der Waals surface area contributed by atoms with E-state index in [1.165, 1.54) is 12.1 Å². The second-order valence-corrected chi connectivity index (χ2v) is 7.11. The third kappa shape index (κ3) is 4.94. The number of benzene rings is 1. The molecule has 2 amide bonds. The van der Waals surface area contributed by atoms with Crippen molar-refractivity contribution in [2.24, 2.45) is 5.92 Å². The lowest BCUT2D eigenvalue weighted by atomic mass is 9.95. The lowest BCUT2D eigenvalue weighted by Gasteiger charge is -2.33. The van der Waals surface area contributed by atoms with Gasteiger partial charge in [0.05, 0.1) is 12.5 Å². The van der Waals surface area contributed by atoms with Gasteiger partial charge in [0.1, 0.15) is 5.82 Å². The van der Waals surface area contributed by atoms with E-state index in [9.17, 15) is 14.0 Å². The van der Waals surface area contributed by atoms with Crippen LogP contribution in [0.1, 0.15) is 37.0 Å². The number of hydrogen-bond acceptors (Lipinski definition) is 5. The molecule has 1 fully saturated rings. The fourth-order valence-corrected chi connectivity index (χ4v) is 3.39. The molecule has 7 nitrogen and oxygen atoms in total. The maximum atomic E-state index is 13.3. The van der Waals surface area contributed by atoms with Gasteiger partial charge >= 0.3 is 0 Å². The summed E-state index contributed by atoms with van der Waals surface area (Å²) in [6.07, 6.45) is 2.08. The number of carbonyl (C=O) groups is 2.